The van der Waals surface area contributed by atoms with Gasteiger partial charge in [-0.05, 0) is 73.9 Å². The van der Waals surface area contributed by atoms with E-state index in [0.29, 0.717) is 29.0 Å². The number of nitrogens with one attached hydrogen (secondary N) is 1. The molecule has 1 saturated heterocycles. The Morgan fingerprint density at radius 1 is 1.07 bits per heavy atom. The molecule has 0 radical (unpaired) electrons. The lowest BCUT2D eigenvalue weighted by Crippen LogP contribution is -2.32. The zero-order chi connectivity index (χ0) is 30.0. The van der Waals surface area contributed by atoms with E-state index in [4.69, 9.17) is 12.2 Å². The smallest absolute Gasteiger partial charge is 0.406 e. The first-order valence-corrected chi connectivity index (χ1v) is 14.1. The van der Waals surface area contributed by atoms with Gasteiger partial charge in [0.15, 0.2) is 16.1 Å². The van der Waals surface area contributed by atoms with Gasteiger partial charge in [-0.1, -0.05) is 53.7 Å². The zero-order valence-corrected chi connectivity index (χ0v) is 24.4. The molecule has 5 rings (SSSR count). The van der Waals surface area contributed by atoms with Crippen LogP contribution in [0.4, 0.5) is 18.9 Å². The molecule has 1 N–H and O–H groups in total. The highest BCUT2D eigenvalue weighted by molar-refractivity contribution is 8.15. The van der Waals surface area contributed by atoms with E-state index >= 15 is 0 Å². The van der Waals surface area contributed by atoms with E-state index in [1.165, 1.54) is 47.0 Å². The molecule has 0 bridgehead atoms. The van der Waals surface area contributed by atoms with Gasteiger partial charge in [-0.2, -0.15) is 4.99 Å². The number of aromatic nitrogens is 3. The number of thiocarbonyl (C=S) groups is 1. The van der Waals surface area contributed by atoms with Crippen molar-refractivity contribution in [2.75, 3.05) is 10.7 Å². The minimum absolute atomic E-state index is 0.0317. The number of amides is 1. The standard InChI is InChI=1S/C29H25F3N6O2S2/c1-17-12-18(2)25(19(3)13-17)38-24(39)15-42-28(38)35-27(41)33-14-20-4-6-21(7-5-20)26-34-16-37(36-26)22-8-10-23(11-9-22)40-29(30,31)32/h4-13,16H,14-15H2,1-3H3,(H,33,41)/b35-28-. The lowest BCUT2D eigenvalue weighted by Gasteiger charge is -2.21. The number of carbonyl (C=O) groups is 1. The van der Waals surface area contributed by atoms with Crippen molar-refractivity contribution in [1.29, 1.82) is 0 Å². The summed E-state index contributed by atoms with van der Waals surface area (Å²) in [5.74, 6) is 0.412. The second-order valence-corrected chi connectivity index (χ2v) is 10.9. The van der Waals surface area contributed by atoms with Crippen molar-refractivity contribution in [1.82, 2.24) is 20.1 Å². The number of aryl methyl sites for hydroxylation is 3. The first-order chi connectivity index (χ1) is 20.0. The topological polar surface area (TPSA) is 84.6 Å². The Bertz CT molecular complexity index is 1650. The van der Waals surface area contributed by atoms with E-state index in [1.54, 1.807) is 4.90 Å². The Kier molecular flexibility index (Phi) is 8.32. The molecule has 0 spiro atoms. The molecule has 1 aliphatic heterocycles. The largest absolute Gasteiger partial charge is 0.573 e. The van der Waals surface area contributed by atoms with Gasteiger partial charge in [-0.3, -0.25) is 9.69 Å². The number of halogens is 3. The molecular formula is C29H25F3N6O2S2. The Morgan fingerprint density at radius 3 is 2.38 bits per heavy atom. The molecule has 0 aliphatic carbocycles. The number of anilines is 1. The number of rotatable bonds is 6. The fraction of sp³-hybridized carbons (Fsp3) is 0.207. The van der Waals surface area contributed by atoms with E-state index in [0.717, 1.165) is 33.5 Å². The summed E-state index contributed by atoms with van der Waals surface area (Å²) < 4.78 is 42.6. The second kappa shape index (κ2) is 11.9. The molecule has 216 valence electrons. The fourth-order valence-corrected chi connectivity index (χ4v) is 5.66. The first-order valence-electron chi connectivity index (χ1n) is 12.7. The van der Waals surface area contributed by atoms with Gasteiger partial charge in [0.2, 0.25) is 5.91 Å². The van der Waals surface area contributed by atoms with E-state index < -0.39 is 6.36 Å². The quantitative estimate of drug-likeness (QED) is 0.258. The van der Waals surface area contributed by atoms with Crippen LogP contribution >= 0.6 is 24.0 Å². The molecule has 0 unspecified atom stereocenters. The molecule has 1 amide bonds. The van der Waals surface area contributed by atoms with Crippen LogP contribution < -0.4 is 15.0 Å². The molecule has 1 aromatic heterocycles. The molecule has 4 aromatic rings. The molecule has 0 atom stereocenters. The summed E-state index contributed by atoms with van der Waals surface area (Å²) in [7, 11) is 0. The van der Waals surface area contributed by atoms with Crippen molar-refractivity contribution < 1.29 is 22.7 Å². The third kappa shape index (κ3) is 6.80. The highest BCUT2D eigenvalue weighted by atomic mass is 32.2. The van der Waals surface area contributed by atoms with Gasteiger partial charge in [0, 0.05) is 12.1 Å². The van der Waals surface area contributed by atoms with Crippen LogP contribution in [0.2, 0.25) is 0 Å². The maximum absolute atomic E-state index is 12.7. The molecule has 3 aromatic carbocycles. The van der Waals surface area contributed by atoms with Gasteiger partial charge >= 0.3 is 6.36 Å². The number of alkyl halides is 3. The van der Waals surface area contributed by atoms with E-state index in [-0.39, 0.29) is 16.8 Å². The summed E-state index contributed by atoms with van der Waals surface area (Å²) in [5.41, 5.74) is 6.22. The van der Waals surface area contributed by atoms with Crippen LogP contribution in [0.3, 0.4) is 0 Å². The molecule has 42 heavy (non-hydrogen) atoms. The number of aliphatic imine (C=N–C) groups is 1. The summed E-state index contributed by atoms with van der Waals surface area (Å²) in [6.45, 7) is 6.41. The molecule has 2 heterocycles. The number of amidine groups is 1. The maximum Gasteiger partial charge on any atom is 0.573 e. The number of ether oxygens (including phenoxy) is 1. The summed E-state index contributed by atoms with van der Waals surface area (Å²) in [6, 6.07) is 17.0. The summed E-state index contributed by atoms with van der Waals surface area (Å²) in [6.07, 6.45) is -3.27. The molecule has 0 saturated carbocycles. The first kappa shape index (κ1) is 29.3. The number of nitrogens with zero attached hydrogens (tertiary/aromatic N) is 5. The van der Waals surface area contributed by atoms with Crippen LogP contribution in [-0.2, 0) is 11.3 Å². The molecular weight excluding hydrogens is 585 g/mol. The van der Waals surface area contributed by atoms with Gasteiger partial charge in [0.25, 0.3) is 0 Å². The van der Waals surface area contributed by atoms with Gasteiger partial charge in [0.1, 0.15) is 12.1 Å². The van der Waals surface area contributed by atoms with Crippen LogP contribution in [0.5, 0.6) is 5.75 Å². The van der Waals surface area contributed by atoms with Gasteiger partial charge in [0.05, 0.1) is 17.1 Å². The second-order valence-electron chi connectivity index (χ2n) is 9.57. The Balaban J connectivity index is 1.21. The van der Waals surface area contributed by atoms with Crippen molar-refractivity contribution in [2.45, 2.75) is 33.7 Å². The van der Waals surface area contributed by atoms with Crippen molar-refractivity contribution in [2.24, 2.45) is 4.99 Å². The van der Waals surface area contributed by atoms with Gasteiger partial charge in [-0.15, -0.1) is 18.3 Å². The van der Waals surface area contributed by atoms with Crippen LogP contribution in [-0.4, -0.2) is 43.1 Å². The molecule has 1 aliphatic rings. The number of hydrogen-bond acceptors (Lipinski definition) is 6. The normalized spacial score (nSPS) is 14.5. The van der Waals surface area contributed by atoms with Crippen molar-refractivity contribution in [3.63, 3.8) is 0 Å². The number of hydrogen-bond donors (Lipinski definition) is 1. The number of carbonyl (C=O) groups excluding carboxylic acids is 1. The highest BCUT2D eigenvalue weighted by Gasteiger charge is 2.32. The number of benzene rings is 3. The Hall–Kier alpha value is -4.23. The predicted octanol–water partition coefficient (Wildman–Crippen LogP) is 6.27. The fourth-order valence-electron chi connectivity index (χ4n) is 4.59. The van der Waals surface area contributed by atoms with E-state index in [9.17, 15) is 18.0 Å². The SMILES string of the molecule is Cc1cc(C)c(N2C(=O)CS/C2=N\C(=S)NCc2ccc(-c3ncn(-c4ccc(OC(F)(F)F)cc4)n3)cc2)c(C)c1. The Morgan fingerprint density at radius 2 is 1.74 bits per heavy atom. The van der Waals surface area contributed by atoms with Crippen LogP contribution in [0, 0.1) is 20.8 Å². The van der Waals surface area contributed by atoms with Crippen LogP contribution in [0.1, 0.15) is 22.3 Å². The van der Waals surface area contributed by atoms with Gasteiger partial charge < -0.3 is 10.1 Å². The summed E-state index contributed by atoms with van der Waals surface area (Å²) in [4.78, 5) is 23.2. The predicted molar refractivity (Wildman–Crippen MR) is 161 cm³/mol. The van der Waals surface area contributed by atoms with Crippen molar-refractivity contribution >= 4 is 45.9 Å². The number of thioether (sulfide) groups is 1. The van der Waals surface area contributed by atoms with E-state index in [2.05, 4.69) is 25.1 Å². The summed E-state index contributed by atoms with van der Waals surface area (Å²) in [5, 5.41) is 8.38. The minimum Gasteiger partial charge on any atom is -0.406 e. The van der Waals surface area contributed by atoms with Crippen molar-refractivity contribution in [3.05, 3.63) is 89.2 Å². The third-order valence-electron chi connectivity index (χ3n) is 6.30. The van der Waals surface area contributed by atoms with Gasteiger partial charge in [-0.25, -0.2) is 9.67 Å². The highest BCUT2D eigenvalue weighted by Crippen LogP contribution is 2.33. The van der Waals surface area contributed by atoms with Crippen molar-refractivity contribution in [3.8, 4) is 22.8 Å². The monoisotopic (exact) mass is 610 g/mol. The lowest BCUT2D eigenvalue weighted by atomic mass is 10.0. The lowest BCUT2D eigenvalue weighted by molar-refractivity contribution is -0.274. The Labute approximate surface area is 249 Å². The maximum atomic E-state index is 12.7. The minimum atomic E-state index is -4.75. The molecule has 1 fully saturated rings. The van der Waals surface area contributed by atoms with Crippen LogP contribution in [0.25, 0.3) is 17.1 Å². The zero-order valence-electron chi connectivity index (χ0n) is 22.8. The third-order valence-corrected chi connectivity index (χ3v) is 7.46. The average Bonchev–Trinajstić information content (AvgIpc) is 3.55. The molecule has 13 heteroatoms. The summed E-state index contributed by atoms with van der Waals surface area (Å²) >= 11 is 6.83. The average molecular weight is 611 g/mol. The molecule has 8 nitrogen and oxygen atoms in total. The van der Waals surface area contributed by atoms with E-state index in [1.807, 2.05) is 57.2 Å². The van der Waals surface area contributed by atoms with Crippen LogP contribution in [0.15, 0.2) is 72.0 Å².